The van der Waals surface area contributed by atoms with Crippen molar-refractivity contribution in [1.29, 1.82) is 0 Å². The molecular weight excluding hydrogens is 415 g/mol. The van der Waals surface area contributed by atoms with Crippen LogP contribution in [-0.4, -0.2) is 10.9 Å². The Labute approximate surface area is 186 Å². The van der Waals surface area contributed by atoms with Gasteiger partial charge in [0.2, 0.25) is 6.71 Å². The largest absolute Gasteiger partial charge is 0.233 e. The van der Waals surface area contributed by atoms with Crippen LogP contribution in [0.25, 0.3) is 0 Å². The monoisotopic (exact) mass is 448 g/mol. The van der Waals surface area contributed by atoms with E-state index in [1.165, 1.54) is 55.5 Å². The fraction of sp³-hybridized carbons (Fsp3) is 0.407. The number of aryl methyl sites for hydroxylation is 6. The molecule has 0 saturated carbocycles. The zero-order valence-corrected chi connectivity index (χ0v) is 21.1. The third-order valence-corrected chi connectivity index (χ3v) is 8.50. The summed E-state index contributed by atoms with van der Waals surface area (Å²) in [4.78, 5) is 0. The topological polar surface area (TPSA) is 0 Å². The summed E-state index contributed by atoms with van der Waals surface area (Å²) < 4.78 is -0.151. The summed E-state index contributed by atoms with van der Waals surface area (Å²) in [5.74, 6) is 0.387. The highest BCUT2D eigenvalue weighted by atomic mass is 79.9. The van der Waals surface area contributed by atoms with E-state index in [4.69, 9.17) is 0 Å². The van der Waals surface area contributed by atoms with Gasteiger partial charge >= 0.3 is 0 Å². The van der Waals surface area contributed by atoms with E-state index in [9.17, 15) is 0 Å². The van der Waals surface area contributed by atoms with Crippen molar-refractivity contribution in [3.05, 3.63) is 80.9 Å². The second kappa shape index (κ2) is 7.95. The quantitative estimate of drug-likeness (QED) is 0.378. The molecule has 0 bridgehead atoms. The number of hydrogen-bond donors (Lipinski definition) is 0. The van der Waals surface area contributed by atoms with E-state index in [2.05, 4.69) is 115 Å². The van der Waals surface area contributed by atoms with E-state index in [1.807, 2.05) is 0 Å². The lowest BCUT2D eigenvalue weighted by molar-refractivity contribution is 0.667. The summed E-state index contributed by atoms with van der Waals surface area (Å²) >= 11 is 4.35. The number of allylic oxidation sites excluding steroid dienone is 4. The van der Waals surface area contributed by atoms with Crippen LogP contribution >= 0.6 is 15.9 Å². The molecule has 2 heteroatoms. The Morgan fingerprint density at radius 3 is 1.45 bits per heavy atom. The summed E-state index contributed by atoms with van der Waals surface area (Å²) in [6.45, 7) is 20.7. The normalized spacial score (nSPS) is 21.7. The lowest BCUT2D eigenvalue weighted by Crippen LogP contribution is -2.63. The maximum Gasteiger partial charge on any atom is 0.233 e. The molecule has 0 aliphatic heterocycles. The van der Waals surface area contributed by atoms with E-state index in [0.29, 0.717) is 5.92 Å². The zero-order chi connectivity index (χ0) is 21.7. The molecule has 0 aromatic heterocycles. The molecule has 0 radical (unpaired) electrons. The molecule has 1 aliphatic rings. The molecule has 0 saturated heterocycles. The number of halogens is 1. The minimum absolute atomic E-state index is 0.151. The fourth-order valence-electron chi connectivity index (χ4n) is 5.72. The van der Waals surface area contributed by atoms with Gasteiger partial charge in [-0.05, 0) is 61.3 Å². The maximum absolute atomic E-state index is 4.35. The van der Waals surface area contributed by atoms with Crippen LogP contribution in [0.15, 0.2) is 47.6 Å². The Balaban J connectivity index is 2.41. The highest BCUT2D eigenvalue weighted by Gasteiger charge is 2.49. The van der Waals surface area contributed by atoms with Crippen molar-refractivity contribution < 1.29 is 0 Å². The predicted octanol–water partition coefficient (Wildman–Crippen LogP) is 6.36. The van der Waals surface area contributed by atoms with Crippen molar-refractivity contribution in [3.63, 3.8) is 0 Å². The van der Waals surface area contributed by atoms with Crippen molar-refractivity contribution >= 4 is 33.6 Å². The first-order chi connectivity index (χ1) is 13.5. The fourth-order valence-corrected chi connectivity index (χ4v) is 6.43. The second-order valence-electron chi connectivity index (χ2n) is 9.35. The standard InChI is InChI=1S/C27H34BBr/c1-16-10-19(4)25(20(5)11-16)28(26-21(6)12-17(2)13-22(26)7)27(29)23(8)14-18(3)15-24(27)9/h10-15,23H,1-9H3. The van der Waals surface area contributed by atoms with Crippen LogP contribution < -0.4 is 10.9 Å². The molecule has 0 fully saturated rings. The molecular formula is C27H34BBr. The van der Waals surface area contributed by atoms with Gasteiger partial charge in [-0.1, -0.05) is 115 Å². The van der Waals surface area contributed by atoms with Crippen molar-refractivity contribution in [2.45, 2.75) is 66.5 Å². The molecule has 1 aliphatic carbocycles. The first-order valence-electron chi connectivity index (χ1n) is 10.7. The second-order valence-corrected chi connectivity index (χ2v) is 10.7. The van der Waals surface area contributed by atoms with Crippen LogP contribution in [0, 0.1) is 47.5 Å². The van der Waals surface area contributed by atoms with E-state index >= 15 is 0 Å². The van der Waals surface area contributed by atoms with Crippen LogP contribution in [0.1, 0.15) is 54.2 Å². The summed E-state index contributed by atoms with van der Waals surface area (Å²) in [6.07, 6.45) is 4.78. The Hall–Kier alpha value is -1.54. The number of benzene rings is 2. The zero-order valence-electron chi connectivity index (χ0n) is 19.5. The van der Waals surface area contributed by atoms with Gasteiger partial charge in [0.1, 0.15) is 0 Å². The number of alkyl halides is 1. The molecule has 0 nitrogen and oxygen atoms in total. The molecule has 0 N–H and O–H groups in total. The Morgan fingerprint density at radius 2 is 1.10 bits per heavy atom. The SMILES string of the molecule is CC1=CC(C)C(Br)(B(c2c(C)cc(C)cc2C)c2c(C)cc(C)cc2C)C(C)=C1. The van der Waals surface area contributed by atoms with Gasteiger partial charge in [-0.2, -0.15) is 0 Å². The molecule has 0 amide bonds. The minimum atomic E-state index is -0.151. The lowest BCUT2D eigenvalue weighted by Gasteiger charge is -2.43. The molecule has 3 rings (SSSR count). The Kier molecular flexibility index (Phi) is 6.07. The smallest absolute Gasteiger partial charge is 0.0881 e. The first kappa shape index (κ1) is 22.2. The van der Waals surface area contributed by atoms with Crippen LogP contribution in [0.4, 0.5) is 0 Å². The molecule has 0 spiro atoms. The summed E-state index contributed by atoms with van der Waals surface area (Å²) in [7, 11) is 0. The summed E-state index contributed by atoms with van der Waals surface area (Å²) in [5.41, 5.74) is 13.9. The molecule has 2 unspecified atom stereocenters. The highest BCUT2D eigenvalue weighted by Crippen LogP contribution is 2.43. The van der Waals surface area contributed by atoms with Crippen LogP contribution in [-0.2, 0) is 0 Å². The van der Waals surface area contributed by atoms with E-state index in [0.717, 1.165) is 0 Å². The Morgan fingerprint density at radius 1 is 0.724 bits per heavy atom. The van der Waals surface area contributed by atoms with Crippen LogP contribution in [0.3, 0.4) is 0 Å². The van der Waals surface area contributed by atoms with E-state index < -0.39 is 0 Å². The summed E-state index contributed by atoms with van der Waals surface area (Å²) in [5, 5.41) is 0. The van der Waals surface area contributed by atoms with Crippen molar-refractivity contribution in [2.24, 2.45) is 5.92 Å². The van der Waals surface area contributed by atoms with Gasteiger partial charge in [0.25, 0.3) is 0 Å². The van der Waals surface area contributed by atoms with Crippen LogP contribution in [0.2, 0.25) is 0 Å². The first-order valence-corrected chi connectivity index (χ1v) is 11.5. The molecule has 2 aromatic carbocycles. The van der Waals surface area contributed by atoms with Crippen molar-refractivity contribution in [3.8, 4) is 0 Å². The van der Waals surface area contributed by atoms with E-state index in [1.54, 1.807) is 0 Å². The summed E-state index contributed by atoms with van der Waals surface area (Å²) in [6, 6.07) is 9.38. The van der Waals surface area contributed by atoms with E-state index in [-0.39, 0.29) is 10.9 Å². The number of hydrogen-bond acceptors (Lipinski definition) is 0. The van der Waals surface area contributed by atoms with Crippen molar-refractivity contribution in [2.75, 3.05) is 0 Å². The average molecular weight is 449 g/mol. The molecule has 29 heavy (non-hydrogen) atoms. The molecule has 2 aromatic rings. The molecule has 2 atom stereocenters. The van der Waals surface area contributed by atoms with Gasteiger partial charge in [0, 0.05) is 4.22 Å². The minimum Gasteiger partial charge on any atom is -0.0881 e. The third kappa shape index (κ3) is 3.81. The average Bonchev–Trinajstić information content (AvgIpc) is 2.56. The predicted molar refractivity (Wildman–Crippen MR) is 135 cm³/mol. The van der Waals surface area contributed by atoms with Gasteiger partial charge in [0.15, 0.2) is 0 Å². The molecule has 0 heterocycles. The number of rotatable bonds is 3. The molecule has 152 valence electrons. The van der Waals surface area contributed by atoms with Crippen LogP contribution in [0.5, 0.6) is 0 Å². The van der Waals surface area contributed by atoms with Gasteiger partial charge in [-0.15, -0.1) is 0 Å². The third-order valence-electron chi connectivity index (χ3n) is 6.70. The van der Waals surface area contributed by atoms with Crippen molar-refractivity contribution in [1.82, 2.24) is 0 Å². The van der Waals surface area contributed by atoms with Gasteiger partial charge in [-0.3, -0.25) is 0 Å². The highest BCUT2D eigenvalue weighted by molar-refractivity contribution is 9.10. The Bertz CT molecular complexity index is 923. The van der Waals surface area contributed by atoms with Gasteiger partial charge in [-0.25, -0.2) is 0 Å². The van der Waals surface area contributed by atoms with Gasteiger partial charge < -0.3 is 0 Å². The van der Waals surface area contributed by atoms with Gasteiger partial charge in [0.05, 0.1) is 0 Å². The lowest BCUT2D eigenvalue weighted by atomic mass is 9.28. The maximum atomic E-state index is 4.35.